The molecule has 0 aromatic heterocycles. The van der Waals surface area contributed by atoms with Crippen molar-refractivity contribution in [3.05, 3.63) is 0 Å². The lowest BCUT2D eigenvalue weighted by Crippen LogP contribution is -2.64. The van der Waals surface area contributed by atoms with Gasteiger partial charge >= 0.3 is 11.9 Å². The van der Waals surface area contributed by atoms with Gasteiger partial charge in [-0.2, -0.15) is 0 Å². The Labute approximate surface area is 172 Å². The molecular weight excluding hydrogens is 404 g/mol. The fraction of sp³-hybridized carbons (Fsp3) is 0.895. The van der Waals surface area contributed by atoms with Crippen molar-refractivity contribution in [1.82, 2.24) is 0 Å². The lowest BCUT2D eigenvalue weighted by atomic mass is 9.47. The van der Waals surface area contributed by atoms with Crippen LogP contribution in [0, 0.1) is 23.2 Å². The predicted molar refractivity (Wildman–Crippen MR) is 96.9 cm³/mol. The lowest BCUT2D eigenvalue weighted by Gasteiger charge is -2.61. The maximum absolute atomic E-state index is 13.2. The van der Waals surface area contributed by atoms with Gasteiger partial charge in [0.25, 0.3) is 0 Å². The van der Waals surface area contributed by atoms with Crippen LogP contribution in [0.2, 0.25) is 0 Å². The minimum absolute atomic E-state index is 0.0770. The zero-order chi connectivity index (χ0) is 20.4. The van der Waals surface area contributed by atoms with Crippen LogP contribution >= 0.6 is 12.0 Å². The second kappa shape index (κ2) is 6.80. The second-order valence-electron chi connectivity index (χ2n) is 9.73. The highest BCUT2D eigenvalue weighted by atomic mass is 32.2. The zero-order valence-electron chi connectivity index (χ0n) is 16.5. The SMILES string of the molecule is CC(C)(COC(=O)C12CC3CC(C1)C1(OC4COC(=O)C4O1)C(C3)C2)SOOO. The number of cyclic esters (lactones) is 1. The molecule has 1 N–H and O–H groups in total. The van der Waals surface area contributed by atoms with E-state index in [2.05, 4.69) is 9.37 Å². The first kappa shape index (κ1) is 20.0. The van der Waals surface area contributed by atoms with Crippen LogP contribution in [0.5, 0.6) is 0 Å². The summed E-state index contributed by atoms with van der Waals surface area (Å²) in [6.07, 6.45) is 3.05. The molecule has 162 valence electrons. The van der Waals surface area contributed by atoms with Gasteiger partial charge in [0.1, 0.15) is 19.3 Å². The maximum Gasteiger partial charge on any atom is 0.338 e. The second-order valence-corrected chi connectivity index (χ2v) is 11.1. The van der Waals surface area contributed by atoms with Crippen LogP contribution in [-0.2, 0) is 37.9 Å². The van der Waals surface area contributed by atoms with Gasteiger partial charge in [0.15, 0.2) is 11.9 Å². The van der Waals surface area contributed by atoms with Gasteiger partial charge in [-0.1, -0.05) is 5.04 Å². The number of carbonyl (C=O) groups excluding carboxylic acids is 2. The molecule has 2 aliphatic heterocycles. The third-order valence-electron chi connectivity index (χ3n) is 7.21. The van der Waals surface area contributed by atoms with Crippen molar-refractivity contribution in [2.75, 3.05) is 13.2 Å². The van der Waals surface area contributed by atoms with E-state index in [4.69, 9.17) is 24.2 Å². The van der Waals surface area contributed by atoms with Crippen LogP contribution < -0.4 is 0 Å². The summed E-state index contributed by atoms with van der Waals surface area (Å²) in [5.41, 5.74) is -0.526. The van der Waals surface area contributed by atoms with Gasteiger partial charge in [0, 0.05) is 23.9 Å². The lowest BCUT2D eigenvalue weighted by molar-refractivity contribution is -0.432. The monoisotopic (exact) mass is 430 g/mol. The molecule has 10 heteroatoms. The maximum atomic E-state index is 13.2. The summed E-state index contributed by atoms with van der Waals surface area (Å²) in [4.78, 5) is 25.1. The standard InChI is InChI=1S/C19H26O9S/c1-17(2,29-28-27-22)9-24-16(21)18-5-10-3-11(6-18)19(12(4-10)7-18)25-13-8-23-15(20)14(13)26-19/h10-14,22H,3-9H2,1-2H3. The van der Waals surface area contributed by atoms with Gasteiger partial charge < -0.3 is 18.9 Å². The smallest absolute Gasteiger partial charge is 0.338 e. The average Bonchev–Trinajstić information content (AvgIpc) is 3.22. The Morgan fingerprint density at radius 2 is 1.97 bits per heavy atom. The van der Waals surface area contributed by atoms with Crippen molar-refractivity contribution in [2.45, 2.75) is 68.7 Å². The van der Waals surface area contributed by atoms with E-state index in [9.17, 15) is 9.59 Å². The molecule has 1 spiro atoms. The number of esters is 2. The molecule has 0 aromatic carbocycles. The Balaban J connectivity index is 1.30. The predicted octanol–water partition coefficient (Wildman–Crippen LogP) is 2.24. The van der Waals surface area contributed by atoms with Crippen molar-refractivity contribution in [3.63, 3.8) is 0 Å². The minimum Gasteiger partial charge on any atom is -0.464 e. The van der Waals surface area contributed by atoms with Crippen LogP contribution in [-0.4, -0.2) is 53.2 Å². The quantitative estimate of drug-likeness (QED) is 0.291. The molecule has 29 heavy (non-hydrogen) atoms. The molecule has 6 aliphatic rings. The first-order valence-corrected chi connectivity index (χ1v) is 10.9. The number of rotatable bonds is 6. The van der Waals surface area contributed by atoms with E-state index in [0.29, 0.717) is 18.8 Å². The molecule has 0 aromatic rings. The van der Waals surface area contributed by atoms with Crippen LogP contribution in [0.1, 0.15) is 46.0 Å². The van der Waals surface area contributed by atoms with Crippen molar-refractivity contribution in [3.8, 4) is 0 Å². The molecule has 6 fully saturated rings. The molecule has 0 radical (unpaired) electrons. The Hall–Kier alpha value is -0.910. The Morgan fingerprint density at radius 3 is 2.62 bits per heavy atom. The highest BCUT2D eigenvalue weighted by molar-refractivity contribution is 7.95. The largest absolute Gasteiger partial charge is 0.464 e. The molecule has 4 saturated carbocycles. The molecular formula is C19H26O9S. The van der Waals surface area contributed by atoms with Crippen molar-refractivity contribution in [2.24, 2.45) is 23.2 Å². The molecule has 9 nitrogen and oxygen atoms in total. The molecule has 0 amide bonds. The number of hydrogen-bond donors (Lipinski definition) is 1. The van der Waals surface area contributed by atoms with Gasteiger partial charge in [0.05, 0.1) is 10.2 Å². The molecule has 4 unspecified atom stereocenters. The van der Waals surface area contributed by atoms with Crippen LogP contribution in [0.15, 0.2) is 0 Å². The summed E-state index contributed by atoms with van der Waals surface area (Å²) in [6, 6.07) is 0. The summed E-state index contributed by atoms with van der Waals surface area (Å²) in [5.74, 6) is -0.705. The third kappa shape index (κ3) is 3.11. The van der Waals surface area contributed by atoms with Gasteiger partial charge in [-0.05, 0) is 51.9 Å². The van der Waals surface area contributed by atoms with Crippen LogP contribution in [0.3, 0.4) is 0 Å². The first-order chi connectivity index (χ1) is 13.8. The Morgan fingerprint density at radius 1 is 1.24 bits per heavy atom. The molecule has 4 atom stereocenters. The zero-order valence-corrected chi connectivity index (χ0v) is 17.3. The fourth-order valence-corrected chi connectivity index (χ4v) is 6.58. The van der Waals surface area contributed by atoms with Gasteiger partial charge in [-0.25, -0.2) is 10.1 Å². The van der Waals surface area contributed by atoms with E-state index in [-0.39, 0.29) is 43.1 Å². The summed E-state index contributed by atoms with van der Waals surface area (Å²) >= 11 is 0.889. The van der Waals surface area contributed by atoms with Crippen molar-refractivity contribution < 1.29 is 43.2 Å². The summed E-state index contributed by atoms with van der Waals surface area (Å²) < 4.78 is 27.2. The van der Waals surface area contributed by atoms with Crippen molar-refractivity contribution in [1.29, 1.82) is 0 Å². The van der Waals surface area contributed by atoms with E-state index in [0.717, 1.165) is 31.3 Å². The third-order valence-corrected chi connectivity index (χ3v) is 7.91. The van der Waals surface area contributed by atoms with E-state index in [1.807, 2.05) is 13.8 Å². The summed E-state index contributed by atoms with van der Waals surface area (Å²) in [5, 5.41) is 12.0. The van der Waals surface area contributed by atoms with Gasteiger partial charge in [-0.15, -0.1) is 4.33 Å². The molecule has 6 rings (SSSR count). The topological polar surface area (TPSA) is 110 Å². The molecule has 4 bridgehead atoms. The number of ether oxygens (including phenoxy) is 4. The minimum atomic E-state index is -0.767. The van der Waals surface area contributed by atoms with Crippen LogP contribution in [0.4, 0.5) is 0 Å². The Kier molecular flexibility index (Phi) is 4.69. The molecule has 2 saturated heterocycles. The highest BCUT2D eigenvalue weighted by Crippen LogP contribution is 2.67. The molecule has 4 aliphatic carbocycles. The van der Waals surface area contributed by atoms with Gasteiger partial charge in [0.2, 0.25) is 0 Å². The normalized spacial score (nSPS) is 44.9. The fourth-order valence-electron chi connectivity index (χ4n) is 6.25. The summed E-state index contributed by atoms with van der Waals surface area (Å²) in [6.45, 7) is 4.04. The van der Waals surface area contributed by atoms with Crippen molar-refractivity contribution >= 4 is 24.0 Å². The Bertz CT molecular complexity index is 694. The average molecular weight is 430 g/mol. The van der Waals surface area contributed by atoms with Gasteiger partial charge in [-0.3, -0.25) is 4.79 Å². The summed E-state index contributed by atoms with van der Waals surface area (Å²) in [7, 11) is 0. The van der Waals surface area contributed by atoms with E-state index >= 15 is 0 Å². The van der Waals surface area contributed by atoms with E-state index < -0.39 is 22.1 Å². The number of hydrogen-bond acceptors (Lipinski definition) is 10. The first-order valence-electron chi connectivity index (χ1n) is 10.1. The van der Waals surface area contributed by atoms with Crippen LogP contribution in [0.25, 0.3) is 0 Å². The highest BCUT2D eigenvalue weighted by Gasteiger charge is 2.71. The number of fused-ring (bicyclic) bond motifs is 1. The van der Waals surface area contributed by atoms with E-state index in [1.54, 1.807) is 0 Å². The molecule has 2 heterocycles. The van der Waals surface area contributed by atoms with E-state index in [1.165, 1.54) is 0 Å². The number of carbonyl (C=O) groups is 2.